The summed E-state index contributed by atoms with van der Waals surface area (Å²) in [7, 11) is 0. The van der Waals surface area contributed by atoms with Gasteiger partial charge < -0.3 is 35.6 Å². The lowest BCUT2D eigenvalue weighted by Gasteiger charge is -2.51. The molecule has 0 amide bonds. The quantitative estimate of drug-likeness (QED) is 0.419. The van der Waals surface area contributed by atoms with Crippen molar-refractivity contribution in [3.8, 4) is 0 Å². The zero-order valence-corrected chi connectivity index (χ0v) is 18.3. The first-order valence-corrected chi connectivity index (χ1v) is 12.0. The highest BCUT2D eigenvalue weighted by Gasteiger charge is 2.47. The molecule has 6 N–H and O–H groups in total. The third-order valence-electron chi connectivity index (χ3n) is 8.01. The summed E-state index contributed by atoms with van der Waals surface area (Å²) in [4.78, 5) is 0. The molecule has 176 valence electrons. The minimum Gasteiger partial charge on any atom is -0.492 e. The Morgan fingerprint density at radius 1 is 0.969 bits per heavy atom. The van der Waals surface area contributed by atoms with Gasteiger partial charge in [0.25, 0.3) is 0 Å². The Labute approximate surface area is 188 Å². The van der Waals surface area contributed by atoms with Gasteiger partial charge in [-0.3, -0.25) is 0 Å². The first kappa shape index (κ1) is 22.3. The van der Waals surface area contributed by atoms with Crippen LogP contribution in [-0.4, -0.2) is 64.6 Å². The van der Waals surface area contributed by atoms with E-state index in [4.69, 9.17) is 15.2 Å². The first-order chi connectivity index (χ1) is 15.5. The number of nitrogens with two attached hydrogens (primary N) is 1. The summed E-state index contributed by atoms with van der Waals surface area (Å²) in [6, 6.07) is 7.68. The summed E-state index contributed by atoms with van der Waals surface area (Å²) in [6.07, 6.45) is 0.487. The van der Waals surface area contributed by atoms with E-state index in [9.17, 15) is 20.4 Å². The molecule has 6 rings (SSSR count). The van der Waals surface area contributed by atoms with Crippen LogP contribution in [0.2, 0.25) is 0 Å². The van der Waals surface area contributed by atoms with Gasteiger partial charge >= 0.3 is 0 Å². The van der Waals surface area contributed by atoms with Crippen molar-refractivity contribution in [2.45, 2.75) is 62.6 Å². The van der Waals surface area contributed by atoms with Crippen molar-refractivity contribution in [2.24, 2.45) is 29.4 Å². The van der Waals surface area contributed by atoms with Gasteiger partial charge in [-0.2, -0.15) is 0 Å². The lowest BCUT2D eigenvalue weighted by atomic mass is 9.54. The van der Waals surface area contributed by atoms with E-state index in [0.29, 0.717) is 30.6 Å². The van der Waals surface area contributed by atoms with E-state index in [1.165, 1.54) is 37.7 Å². The second-order valence-corrected chi connectivity index (χ2v) is 10.1. The van der Waals surface area contributed by atoms with Gasteiger partial charge in [0.05, 0.1) is 6.61 Å². The molecule has 1 aliphatic heterocycles. The van der Waals surface area contributed by atoms with Gasteiger partial charge in [0, 0.05) is 12.1 Å². The highest BCUT2D eigenvalue weighted by Crippen LogP contribution is 2.58. The standard InChI is InChI=1S/C25H35NO6/c26-4-5-31-24(20-17-7-13-6-14(9-17)10-18(20)8-13)15-2-1-3-16(11-15)25-23(30)22(29)21(28)19(12-27)32-25/h1-3,11,13-14,17-19,21-23,25,27-30H,4-10,12,26H2/t13?,14?,17?,18?,19-,21+,22+,23-,25?/m1/s1. The first-order valence-electron chi connectivity index (χ1n) is 12.0. The third-order valence-corrected chi connectivity index (χ3v) is 8.01. The third kappa shape index (κ3) is 3.89. The van der Waals surface area contributed by atoms with Crippen LogP contribution in [0.4, 0.5) is 0 Å². The fourth-order valence-electron chi connectivity index (χ4n) is 6.79. The Morgan fingerprint density at radius 3 is 2.28 bits per heavy atom. The largest absolute Gasteiger partial charge is 0.492 e. The molecule has 4 bridgehead atoms. The van der Waals surface area contributed by atoms with Gasteiger partial charge in [-0.05, 0) is 73.0 Å². The maximum absolute atomic E-state index is 10.6. The van der Waals surface area contributed by atoms with Crippen LogP contribution in [-0.2, 0) is 9.47 Å². The molecule has 1 unspecified atom stereocenters. The molecular formula is C25H35NO6. The molecule has 1 aromatic rings. The molecule has 5 fully saturated rings. The second-order valence-electron chi connectivity index (χ2n) is 10.1. The predicted molar refractivity (Wildman–Crippen MR) is 118 cm³/mol. The fourth-order valence-corrected chi connectivity index (χ4v) is 6.79. The Morgan fingerprint density at radius 2 is 1.66 bits per heavy atom. The smallest absolute Gasteiger partial charge is 0.126 e. The Bertz CT molecular complexity index is 825. The Kier molecular flexibility index (Phi) is 6.31. The van der Waals surface area contributed by atoms with E-state index < -0.39 is 37.1 Å². The maximum Gasteiger partial charge on any atom is 0.126 e. The monoisotopic (exact) mass is 445 g/mol. The number of aliphatic hydroxyl groups excluding tert-OH is 4. The number of benzene rings is 1. The van der Waals surface area contributed by atoms with Gasteiger partial charge in [-0.1, -0.05) is 18.2 Å². The van der Waals surface area contributed by atoms with E-state index in [-0.39, 0.29) is 0 Å². The molecule has 1 aromatic carbocycles. The van der Waals surface area contributed by atoms with E-state index in [0.717, 1.165) is 23.2 Å². The number of ether oxygens (including phenoxy) is 2. The number of rotatable bonds is 6. The molecular weight excluding hydrogens is 410 g/mol. The van der Waals surface area contributed by atoms with E-state index >= 15 is 0 Å². The molecule has 5 atom stereocenters. The van der Waals surface area contributed by atoms with Crippen LogP contribution in [0.5, 0.6) is 0 Å². The number of allylic oxidation sites excluding steroid dienone is 1. The number of aliphatic hydroxyl groups is 4. The zero-order chi connectivity index (χ0) is 22.4. The van der Waals surface area contributed by atoms with E-state index in [1.807, 2.05) is 24.3 Å². The van der Waals surface area contributed by atoms with Gasteiger partial charge in [0.15, 0.2) is 0 Å². The summed E-state index contributed by atoms with van der Waals surface area (Å²) in [5.41, 5.74) is 8.81. The highest BCUT2D eigenvalue weighted by atomic mass is 16.5. The SMILES string of the molecule is NCCOC(=C1C2CC3CC(C2)CC1C3)c1cccc(C2O[C@H](CO)[C@H](O)[C@H](O)[C@H]2O)c1. The molecule has 7 heteroatoms. The molecule has 0 spiro atoms. The predicted octanol–water partition coefficient (Wildman–Crippen LogP) is 1.34. The molecule has 5 aliphatic rings. The second kappa shape index (κ2) is 9.05. The van der Waals surface area contributed by atoms with Gasteiger partial charge in [-0.25, -0.2) is 0 Å². The lowest BCUT2D eigenvalue weighted by molar-refractivity contribution is -0.231. The van der Waals surface area contributed by atoms with Crippen LogP contribution in [0, 0.1) is 23.7 Å². The van der Waals surface area contributed by atoms with Crippen LogP contribution in [0.1, 0.15) is 49.3 Å². The van der Waals surface area contributed by atoms with Crippen molar-refractivity contribution in [3.63, 3.8) is 0 Å². The highest BCUT2D eigenvalue weighted by molar-refractivity contribution is 5.65. The van der Waals surface area contributed by atoms with E-state index in [1.54, 1.807) is 0 Å². The number of hydrogen-bond donors (Lipinski definition) is 5. The minimum atomic E-state index is -1.40. The van der Waals surface area contributed by atoms with Crippen LogP contribution < -0.4 is 5.73 Å². The van der Waals surface area contributed by atoms with Crippen LogP contribution in [0.15, 0.2) is 29.8 Å². The van der Waals surface area contributed by atoms with Crippen molar-refractivity contribution in [3.05, 3.63) is 41.0 Å². The topological polar surface area (TPSA) is 125 Å². The zero-order valence-electron chi connectivity index (χ0n) is 18.3. The minimum absolute atomic E-state index is 0.434. The molecule has 1 saturated heterocycles. The van der Waals surface area contributed by atoms with Crippen molar-refractivity contribution >= 4 is 5.76 Å². The van der Waals surface area contributed by atoms with Crippen LogP contribution in [0.3, 0.4) is 0 Å². The fraction of sp³-hybridized carbons (Fsp3) is 0.680. The Hall–Kier alpha value is -1.48. The summed E-state index contributed by atoms with van der Waals surface area (Å²) in [6.45, 7) is 0.431. The molecule has 0 aromatic heterocycles. The average molecular weight is 446 g/mol. The summed E-state index contributed by atoms with van der Waals surface area (Å²) < 4.78 is 12.1. The molecule has 7 nitrogen and oxygen atoms in total. The summed E-state index contributed by atoms with van der Waals surface area (Å²) in [5.74, 6) is 3.73. The van der Waals surface area contributed by atoms with Gasteiger partial charge in [0.1, 0.15) is 42.9 Å². The van der Waals surface area contributed by atoms with Crippen molar-refractivity contribution < 1.29 is 29.9 Å². The molecule has 32 heavy (non-hydrogen) atoms. The molecule has 4 aliphatic carbocycles. The van der Waals surface area contributed by atoms with Gasteiger partial charge in [0.2, 0.25) is 0 Å². The van der Waals surface area contributed by atoms with E-state index in [2.05, 4.69) is 0 Å². The maximum atomic E-state index is 10.6. The van der Waals surface area contributed by atoms with Gasteiger partial charge in [-0.15, -0.1) is 0 Å². The van der Waals surface area contributed by atoms with Crippen LogP contribution >= 0.6 is 0 Å². The Balaban J connectivity index is 1.50. The van der Waals surface area contributed by atoms with Crippen molar-refractivity contribution in [1.82, 2.24) is 0 Å². The number of hydrogen-bond acceptors (Lipinski definition) is 7. The average Bonchev–Trinajstić information content (AvgIpc) is 2.79. The summed E-state index contributed by atoms with van der Waals surface area (Å²) >= 11 is 0. The molecule has 1 heterocycles. The molecule has 0 radical (unpaired) electrons. The van der Waals surface area contributed by atoms with Crippen molar-refractivity contribution in [1.29, 1.82) is 0 Å². The summed E-state index contributed by atoms with van der Waals surface area (Å²) in [5, 5.41) is 40.5. The normalized spacial score (nSPS) is 40.5. The lowest BCUT2D eigenvalue weighted by Crippen LogP contribution is -2.55. The molecule has 4 saturated carbocycles. The van der Waals surface area contributed by atoms with Crippen LogP contribution in [0.25, 0.3) is 5.76 Å². The van der Waals surface area contributed by atoms with Crippen molar-refractivity contribution in [2.75, 3.05) is 19.8 Å².